The molecule has 1 aromatic heterocycles. The Bertz CT molecular complexity index is 610. The van der Waals surface area contributed by atoms with Crippen molar-refractivity contribution in [3.05, 3.63) is 66.0 Å². The maximum absolute atomic E-state index is 6.19. The Morgan fingerprint density at radius 3 is 2.50 bits per heavy atom. The lowest BCUT2D eigenvalue weighted by Crippen LogP contribution is -2.13. The Morgan fingerprint density at radius 2 is 1.72 bits per heavy atom. The molecule has 0 aliphatic rings. The maximum Gasteiger partial charge on any atom is 0.109 e. The summed E-state index contributed by atoms with van der Waals surface area (Å²) in [4.78, 5) is 7.85. The number of nitrogens with two attached hydrogens (primary N) is 1. The second-order valence-electron chi connectivity index (χ2n) is 4.42. The second kappa shape index (κ2) is 4.63. The van der Waals surface area contributed by atoms with Crippen LogP contribution in [0.2, 0.25) is 0 Å². The Balaban J connectivity index is 1.84. The lowest BCUT2D eigenvalue weighted by molar-refractivity contribution is 0.696. The van der Waals surface area contributed by atoms with Crippen molar-refractivity contribution in [2.24, 2.45) is 5.73 Å². The number of fused-ring (bicyclic) bond motifs is 1. The number of benzene rings is 2. The topological polar surface area (TPSA) is 54.7 Å². The summed E-state index contributed by atoms with van der Waals surface area (Å²) < 4.78 is 0. The van der Waals surface area contributed by atoms with Crippen LogP contribution >= 0.6 is 0 Å². The number of aromatic nitrogens is 2. The van der Waals surface area contributed by atoms with Gasteiger partial charge in [-0.1, -0.05) is 42.5 Å². The lowest BCUT2D eigenvalue weighted by atomic mass is 10.0. The van der Waals surface area contributed by atoms with E-state index in [2.05, 4.69) is 9.97 Å². The first-order valence-corrected chi connectivity index (χ1v) is 6.07. The Kier molecular flexibility index (Phi) is 2.82. The minimum absolute atomic E-state index is 0.0215. The van der Waals surface area contributed by atoms with Gasteiger partial charge in [-0.05, 0) is 17.7 Å². The highest BCUT2D eigenvalue weighted by molar-refractivity contribution is 5.74. The van der Waals surface area contributed by atoms with Crippen molar-refractivity contribution in [2.75, 3.05) is 0 Å². The molecular weight excluding hydrogens is 222 g/mol. The normalized spacial score (nSPS) is 12.7. The van der Waals surface area contributed by atoms with E-state index in [1.807, 2.05) is 54.6 Å². The molecule has 0 aliphatic carbocycles. The zero-order valence-corrected chi connectivity index (χ0v) is 10.0. The average Bonchev–Trinajstić information content (AvgIpc) is 2.82. The molecule has 1 unspecified atom stereocenters. The lowest BCUT2D eigenvalue weighted by Gasteiger charge is -2.09. The molecule has 0 saturated heterocycles. The molecule has 3 aromatic rings. The molecule has 3 rings (SSSR count). The molecule has 0 bridgehead atoms. The van der Waals surface area contributed by atoms with Crippen molar-refractivity contribution in [3.63, 3.8) is 0 Å². The molecule has 0 amide bonds. The highest BCUT2D eigenvalue weighted by Crippen LogP contribution is 2.16. The number of nitrogens with one attached hydrogen (secondary N) is 1. The van der Waals surface area contributed by atoms with Gasteiger partial charge in [-0.25, -0.2) is 4.98 Å². The molecule has 0 aliphatic heterocycles. The number of hydrogen-bond donors (Lipinski definition) is 2. The molecule has 18 heavy (non-hydrogen) atoms. The number of para-hydroxylation sites is 2. The minimum Gasteiger partial charge on any atom is -0.342 e. The fraction of sp³-hybridized carbons (Fsp3) is 0.133. The first kappa shape index (κ1) is 11.0. The van der Waals surface area contributed by atoms with Crippen molar-refractivity contribution in [1.29, 1.82) is 0 Å². The fourth-order valence-electron chi connectivity index (χ4n) is 2.13. The summed E-state index contributed by atoms with van der Waals surface area (Å²) in [6, 6.07) is 18.1. The van der Waals surface area contributed by atoms with Crippen LogP contribution in [0.3, 0.4) is 0 Å². The molecule has 0 saturated carbocycles. The summed E-state index contributed by atoms with van der Waals surface area (Å²) in [5, 5.41) is 0. The van der Waals surface area contributed by atoms with Crippen LogP contribution in [0, 0.1) is 0 Å². The Hall–Kier alpha value is -2.13. The monoisotopic (exact) mass is 237 g/mol. The van der Waals surface area contributed by atoms with Gasteiger partial charge in [0, 0.05) is 12.5 Å². The minimum atomic E-state index is -0.0215. The number of aromatic amines is 1. The fourth-order valence-corrected chi connectivity index (χ4v) is 2.13. The smallest absolute Gasteiger partial charge is 0.109 e. The largest absolute Gasteiger partial charge is 0.342 e. The molecule has 3 N–H and O–H groups in total. The number of H-pyrrole nitrogens is 1. The van der Waals surface area contributed by atoms with Crippen molar-refractivity contribution >= 4 is 11.0 Å². The van der Waals surface area contributed by atoms with Gasteiger partial charge in [0.1, 0.15) is 5.82 Å². The van der Waals surface area contributed by atoms with E-state index in [0.29, 0.717) is 0 Å². The molecule has 0 radical (unpaired) electrons. The summed E-state index contributed by atoms with van der Waals surface area (Å²) in [6.45, 7) is 0. The van der Waals surface area contributed by atoms with Gasteiger partial charge in [-0.15, -0.1) is 0 Å². The Labute approximate surface area is 106 Å². The quantitative estimate of drug-likeness (QED) is 0.736. The van der Waals surface area contributed by atoms with Crippen LogP contribution in [0.4, 0.5) is 0 Å². The van der Waals surface area contributed by atoms with Crippen LogP contribution in [0.5, 0.6) is 0 Å². The van der Waals surface area contributed by atoms with Gasteiger partial charge in [0.2, 0.25) is 0 Å². The van der Waals surface area contributed by atoms with Gasteiger partial charge in [-0.2, -0.15) is 0 Å². The van der Waals surface area contributed by atoms with E-state index in [1.165, 1.54) is 0 Å². The molecule has 2 aromatic carbocycles. The molecular formula is C15H15N3. The summed E-state index contributed by atoms with van der Waals surface area (Å²) in [6.07, 6.45) is 0.721. The van der Waals surface area contributed by atoms with Crippen LogP contribution < -0.4 is 5.73 Å². The summed E-state index contributed by atoms with van der Waals surface area (Å²) in [7, 11) is 0. The number of rotatable bonds is 3. The first-order valence-electron chi connectivity index (χ1n) is 6.07. The summed E-state index contributed by atoms with van der Waals surface area (Å²) in [5.74, 6) is 0.938. The number of hydrogen-bond acceptors (Lipinski definition) is 2. The second-order valence-corrected chi connectivity index (χ2v) is 4.42. The summed E-state index contributed by atoms with van der Waals surface area (Å²) in [5.41, 5.74) is 9.38. The maximum atomic E-state index is 6.19. The van der Waals surface area contributed by atoms with Crippen LogP contribution in [-0.4, -0.2) is 9.97 Å². The van der Waals surface area contributed by atoms with E-state index in [0.717, 1.165) is 28.8 Å². The number of imidazole rings is 1. The molecule has 0 spiro atoms. The van der Waals surface area contributed by atoms with Crippen LogP contribution in [-0.2, 0) is 6.42 Å². The van der Waals surface area contributed by atoms with Crippen molar-refractivity contribution in [3.8, 4) is 0 Å². The third kappa shape index (κ3) is 2.13. The molecule has 3 heteroatoms. The number of nitrogens with zero attached hydrogens (tertiary/aromatic N) is 1. The van der Waals surface area contributed by atoms with Gasteiger partial charge in [-0.3, -0.25) is 0 Å². The zero-order chi connectivity index (χ0) is 12.4. The van der Waals surface area contributed by atoms with Crippen LogP contribution in [0.25, 0.3) is 11.0 Å². The molecule has 0 fully saturated rings. The van der Waals surface area contributed by atoms with E-state index in [-0.39, 0.29) is 6.04 Å². The Morgan fingerprint density at radius 1 is 1.00 bits per heavy atom. The highest BCUT2D eigenvalue weighted by Gasteiger charge is 2.09. The highest BCUT2D eigenvalue weighted by atomic mass is 14.9. The van der Waals surface area contributed by atoms with Crippen LogP contribution in [0.15, 0.2) is 54.6 Å². The van der Waals surface area contributed by atoms with Gasteiger partial charge in [0.05, 0.1) is 11.0 Å². The SMILES string of the molecule is NC(Cc1nc2ccccc2[nH]1)c1ccccc1. The van der Waals surface area contributed by atoms with E-state index in [1.54, 1.807) is 0 Å². The van der Waals surface area contributed by atoms with E-state index in [9.17, 15) is 0 Å². The summed E-state index contributed by atoms with van der Waals surface area (Å²) >= 11 is 0. The third-order valence-electron chi connectivity index (χ3n) is 3.08. The predicted molar refractivity (Wildman–Crippen MR) is 73.2 cm³/mol. The predicted octanol–water partition coefficient (Wildman–Crippen LogP) is 2.81. The molecule has 1 heterocycles. The van der Waals surface area contributed by atoms with Crippen molar-refractivity contribution in [2.45, 2.75) is 12.5 Å². The molecule has 1 atom stereocenters. The van der Waals surface area contributed by atoms with Gasteiger partial charge < -0.3 is 10.7 Å². The average molecular weight is 237 g/mol. The first-order chi connectivity index (χ1) is 8.83. The van der Waals surface area contributed by atoms with Gasteiger partial charge in [0.25, 0.3) is 0 Å². The third-order valence-corrected chi connectivity index (χ3v) is 3.08. The molecule has 3 nitrogen and oxygen atoms in total. The van der Waals surface area contributed by atoms with Crippen molar-refractivity contribution < 1.29 is 0 Å². The van der Waals surface area contributed by atoms with Gasteiger partial charge in [0.15, 0.2) is 0 Å². The standard InChI is InChI=1S/C15H15N3/c16-12(11-6-2-1-3-7-11)10-15-17-13-8-4-5-9-14(13)18-15/h1-9,12H,10,16H2,(H,17,18). The van der Waals surface area contributed by atoms with E-state index >= 15 is 0 Å². The van der Waals surface area contributed by atoms with E-state index in [4.69, 9.17) is 5.73 Å². The van der Waals surface area contributed by atoms with Crippen LogP contribution in [0.1, 0.15) is 17.4 Å². The van der Waals surface area contributed by atoms with E-state index < -0.39 is 0 Å². The van der Waals surface area contributed by atoms with Crippen molar-refractivity contribution in [1.82, 2.24) is 9.97 Å². The molecule has 90 valence electrons. The van der Waals surface area contributed by atoms with Gasteiger partial charge >= 0.3 is 0 Å². The zero-order valence-electron chi connectivity index (χ0n) is 10.0.